The van der Waals surface area contributed by atoms with Crippen LogP contribution in [0.4, 0.5) is 10.5 Å². The smallest absolute Gasteiger partial charge is 0.414 e. The van der Waals surface area contributed by atoms with Crippen LogP contribution in [0.3, 0.4) is 0 Å². The van der Waals surface area contributed by atoms with Crippen LogP contribution in [0.1, 0.15) is 56.2 Å². The highest BCUT2D eigenvalue weighted by Crippen LogP contribution is 2.40. The Labute approximate surface area is 204 Å². The molecule has 35 heavy (non-hydrogen) atoms. The second-order valence-electron chi connectivity index (χ2n) is 9.49. The van der Waals surface area contributed by atoms with Crippen molar-refractivity contribution in [3.05, 3.63) is 47.5 Å². The van der Waals surface area contributed by atoms with E-state index in [1.54, 1.807) is 11.8 Å². The van der Waals surface area contributed by atoms with Crippen LogP contribution in [0, 0.1) is 0 Å². The summed E-state index contributed by atoms with van der Waals surface area (Å²) in [6.07, 6.45) is 3.05. The molecule has 0 aliphatic carbocycles. The van der Waals surface area contributed by atoms with E-state index in [-0.39, 0.29) is 18.2 Å². The van der Waals surface area contributed by atoms with Gasteiger partial charge >= 0.3 is 12.1 Å². The van der Waals surface area contributed by atoms with Gasteiger partial charge in [0.05, 0.1) is 29.7 Å². The van der Waals surface area contributed by atoms with E-state index in [4.69, 9.17) is 14.5 Å². The van der Waals surface area contributed by atoms with E-state index >= 15 is 0 Å². The first-order chi connectivity index (χ1) is 16.9. The second-order valence-corrected chi connectivity index (χ2v) is 9.49. The number of aryl methyl sites for hydroxylation is 1. The largest absolute Gasteiger partial charge is 0.481 e. The Balaban J connectivity index is 1.71. The molecule has 2 aliphatic rings. The first kappa shape index (κ1) is 23.4. The quantitative estimate of drug-likeness (QED) is 0.559. The van der Waals surface area contributed by atoms with Gasteiger partial charge in [0, 0.05) is 36.4 Å². The number of amides is 1. The van der Waals surface area contributed by atoms with Crippen molar-refractivity contribution in [2.45, 2.75) is 57.5 Å². The molecule has 1 unspecified atom stereocenters. The molecule has 1 amide bonds. The topological polar surface area (TPSA) is 93.9 Å². The predicted molar refractivity (Wildman–Crippen MR) is 133 cm³/mol. The van der Waals surface area contributed by atoms with E-state index < -0.39 is 11.9 Å². The highest BCUT2D eigenvalue weighted by Gasteiger charge is 2.32. The van der Waals surface area contributed by atoms with Gasteiger partial charge < -0.3 is 19.1 Å². The summed E-state index contributed by atoms with van der Waals surface area (Å²) in [4.78, 5) is 31.1. The zero-order valence-electron chi connectivity index (χ0n) is 20.4. The number of imidazole rings is 1. The van der Waals surface area contributed by atoms with E-state index in [0.29, 0.717) is 13.2 Å². The van der Waals surface area contributed by atoms with Crippen molar-refractivity contribution in [3.8, 4) is 11.4 Å². The van der Waals surface area contributed by atoms with Crippen LogP contribution in [0.15, 0.2) is 36.4 Å². The molecule has 2 aromatic carbocycles. The minimum Gasteiger partial charge on any atom is -0.481 e. The minimum absolute atomic E-state index is 0.0404. The molecule has 0 saturated carbocycles. The molecule has 1 N–H and O–H groups in total. The number of fused-ring (bicyclic) bond motifs is 3. The fraction of sp³-hybridized carbons (Fsp3) is 0.444. The van der Waals surface area contributed by atoms with Gasteiger partial charge in [0.15, 0.2) is 0 Å². The highest BCUT2D eigenvalue weighted by molar-refractivity contribution is 5.96. The zero-order valence-corrected chi connectivity index (χ0v) is 20.4. The third-order valence-corrected chi connectivity index (χ3v) is 7.40. The molecular formula is C27H31N3O5. The lowest BCUT2D eigenvalue weighted by Crippen LogP contribution is -2.42. The molecule has 0 spiro atoms. The van der Waals surface area contributed by atoms with Crippen molar-refractivity contribution < 1.29 is 24.2 Å². The monoisotopic (exact) mass is 477 g/mol. The van der Waals surface area contributed by atoms with E-state index in [9.17, 15) is 14.7 Å². The molecule has 2 aliphatic heterocycles. The number of aromatic nitrogens is 2. The van der Waals surface area contributed by atoms with Crippen LogP contribution in [0.5, 0.6) is 0 Å². The van der Waals surface area contributed by atoms with Crippen molar-refractivity contribution >= 4 is 28.8 Å². The summed E-state index contributed by atoms with van der Waals surface area (Å²) in [7, 11) is 1.41. The van der Waals surface area contributed by atoms with Crippen molar-refractivity contribution in [1.82, 2.24) is 9.55 Å². The fourth-order valence-electron chi connectivity index (χ4n) is 5.38. The van der Waals surface area contributed by atoms with Crippen LogP contribution in [0.2, 0.25) is 0 Å². The number of carboxylic acids is 1. The van der Waals surface area contributed by atoms with Gasteiger partial charge in [-0.15, -0.1) is 0 Å². The molecule has 5 rings (SSSR count). The van der Waals surface area contributed by atoms with Crippen LogP contribution in [-0.2, 0) is 20.7 Å². The zero-order chi connectivity index (χ0) is 24.7. The number of methoxy groups -OCH3 is 1. The van der Waals surface area contributed by atoms with Crippen molar-refractivity contribution in [2.75, 3.05) is 25.2 Å². The summed E-state index contributed by atoms with van der Waals surface area (Å²) < 4.78 is 13.0. The van der Waals surface area contributed by atoms with Crippen molar-refractivity contribution in [1.29, 1.82) is 0 Å². The standard InChI is InChI=1S/C27H31N3O5/c1-16-7-8-21-22(29(16)27(33)34-3)9-10-23-24(21)28-25(30(23)20-11-13-35-14-12-20)19-6-4-5-18(15-19)17(2)26(31)32/h4-6,9-10,15-17,20H,7-8,11-14H2,1-3H3,(H,31,32)/t16-,17?/m0/s1. The number of rotatable bonds is 4. The number of hydrogen-bond donors (Lipinski definition) is 1. The maximum atomic E-state index is 12.6. The molecule has 0 bridgehead atoms. The van der Waals surface area contributed by atoms with Crippen LogP contribution in [-0.4, -0.2) is 53.1 Å². The Bertz CT molecular complexity index is 1280. The molecule has 8 heteroatoms. The lowest BCUT2D eigenvalue weighted by Gasteiger charge is -2.34. The van der Waals surface area contributed by atoms with Gasteiger partial charge in [0.1, 0.15) is 5.82 Å². The number of carbonyl (C=O) groups excluding carboxylic acids is 1. The van der Waals surface area contributed by atoms with E-state index in [1.165, 1.54) is 7.11 Å². The van der Waals surface area contributed by atoms with Gasteiger partial charge in [-0.05, 0) is 63.3 Å². The Morgan fingerprint density at radius 3 is 2.66 bits per heavy atom. The van der Waals surface area contributed by atoms with Crippen LogP contribution < -0.4 is 4.90 Å². The summed E-state index contributed by atoms with van der Waals surface area (Å²) in [5.41, 5.74) is 5.45. The van der Waals surface area contributed by atoms with Gasteiger partial charge in [-0.3, -0.25) is 9.69 Å². The second kappa shape index (κ2) is 9.34. The lowest BCUT2D eigenvalue weighted by atomic mass is 9.95. The summed E-state index contributed by atoms with van der Waals surface area (Å²) in [6.45, 7) is 5.12. The molecule has 2 atom stereocenters. The van der Waals surface area contributed by atoms with E-state index in [2.05, 4.69) is 10.6 Å². The fourth-order valence-corrected chi connectivity index (χ4v) is 5.38. The van der Waals surface area contributed by atoms with Crippen LogP contribution >= 0.6 is 0 Å². The van der Waals surface area contributed by atoms with Crippen molar-refractivity contribution in [3.63, 3.8) is 0 Å². The van der Waals surface area contributed by atoms with E-state index in [1.807, 2.05) is 37.3 Å². The third-order valence-electron chi connectivity index (χ3n) is 7.40. The highest BCUT2D eigenvalue weighted by atomic mass is 16.5. The maximum Gasteiger partial charge on any atom is 0.414 e. The van der Waals surface area contributed by atoms with Gasteiger partial charge in [-0.2, -0.15) is 0 Å². The molecule has 1 saturated heterocycles. The van der Waals surface area contributed by atoms with Crippen molar-refractivity contribution in [2.24, 2.45) is 0 Å². The van der Waals surface area contributed by atoms with Crippen LogP contribution in [0.25, 0.3) is 22.4 Å². The molecule has 8 nitrogen and oxygen atoms in total. The number of hydrogen-bond acceptors (Lipinski definition) is 5. The average molecular weight is 478 g/mol. The molecule has 184 valence electrons. The average Bonchev–Trinajstić information content (AvgIpc) is 3.28. The number of ether oxygens (including phenoxy) is 2. The maximum absolute atomic E-state index is 12.6. The Morgan fingerprint density at radius 2 is 1.94 bits per heavy atom. The van der Waals surface area contributed by atoms with E-state index in [0.717, 1.165) is 64.9 Å². The molecule has 3 aromatic rings. The SMILES string of the molecule is COC(=O)N1c2ccc3c(nc(-c4cccc(C(C)C(=O)O)c4)n3C3CCOCC3)c2CC[C@@H]1C. The third kappa shape index (κ3) is 4.05. The molecule has 1 fully saturated rings. The number of aliphatic carboxylic acids is 1. The lowest BCUT2D eigenvalue weighted by molar-refractivity contribution is -0.138. The van der Waals surface area contributed by atoms with Gasteiger partial charge in [-0.1, -0.05) is 18.2 Å². The number of carboxylic acid groups (broad SMARTS) is 1. The Kier molecular flexibility index (Phi) is 6.23. The first-order valence-corrected chi connectivity index (χ1v) is 12.2. The normalized spacial score (nSPS) is 19.4. The first-order valence-electron chi connectivity index (χ1n) is 12.2. The van der Waals surface area contributed by atoms with Gasteiger partial charge in [-0.25, -0.2) is 9.78 Å². The molecule has 3 heterocycles. The number of carbonyl (C=O) groups is 2. The Hall–Kier alpha value is -3.39. The van der Waals surface area contributed by atoms with Gasteiger partial charge in [0.2, 0.25) is 0 Å². The molecule has 0 radical (unpaired) electrons. The summed E-state index contributed by atoms with van der Waals surface area (Å²) in [6, 6.07) is 12.0. The number of benzene rings is 2. The predicted octanol–water partition coefficient (Wildman–Crippen LogP) is 5.15. The summed E-state index contributed by atoms with van der Waals surface area (Å²) >= 11 is 0. The van der Waals surface area contributed by atoms with Gasteiger partial charge in [0.25, 0.3) is 0 Å². The minimum atomic E-state index is -0.855. The summed E-state index contributed by atoms with van der Waals surface area (Å²) in [5.74, 6) is -0.645. The Morgan fingerprint density at radius 1 is 1.17 bits per heavy atom. The molecule has 1 aromatic heterocycles. The number of nitrogens with zero attached hydrogens (tertiary/aromatic N) is 3. The summed E-state index contributed by atoms with van der Waals surface area (Å²) in [5, 5.41) is 9.54. The number of anilines is 1. The molecular weight excluding hydrogens is 446 g/mol.